The Balaban J connectivity index is 2.54. The van der Waals surface area contributed by atoms with Crippen LogP contribution in [0.3, 0.4) is 0 Å². The van der Waals surface area contributed by atoms with Gasteiger partial charge in [-0.15, -0.1) is 0 Å². The van der Waals surface area contributed by atoms with E-state index in [0.717, 1.165) is 18.7 Å². The van der Waals surface area contributed by atoms with Crippen LogP contribution >= 0.6 is 0 Å². The van der Waals surface area contributed by atoms with E-state index in [4.69, 9.17) is 9.47 Å². The number of aryl methyl sites for hydroxylation is 1. The Kier molecular flexibility index (Phi) is 8.20. The van der Waals surface area contributed by atoms with Gasteiger partial charge >= 0.3 is 0 Å². The van der Waals surface area contributed by atoms with E-state index in [2.05, 4.69) is 11.8 Å². The number of hydrogen-bond donors (Lipinski definition) is 0. The molecule has 1 unspecified atom stereocenters. The summed E-state index contributed by atoms with van der Waals surface area (Å²) in [5.41, 5.74) is 1.95. The maximum Gasteiger partial charge on any atom is 0.164 e. The van der Waals surface area contributed by atoms with Gasteiger partial charge in [-0.25, -0.2) is 0 Å². The first-order chi connectivity index (χ1) is 10.1. The molecule has 0 spiro atoms. The van der Waals surface area contributed by atoms with Crippen LogP contribution < -0.4 is 0 Å². The summed E-state index contributed by atoms with van der Waals surface area (Å²) in [7, 11) is 3.39. The van der Waals surface area contributed by atoms with E-state index in [1.54, 1.807) is 14.2 Å². The first-order valence-electron chi connectivity index (χ1n) is 7.40. The van der Waals surface area contributed by atoms with Gasteiger partial charge in [-0.1, -0.05) is 29.8 Å². The van der Waals surface area contributed by atoms with Crippen molar-refractivity contribution in [2.45, 2.75) is 26.3 Å². The van der Waals surface area contributed by atoms with Crippen LogP contribution in [0.5, 0.6) is 0 Å². The minimum absolute atomic E-state index is 0.182. The fraction of sp³-hybridized carbons (Fsp3) is 0.588. The molecule has 0 aliphatic heterocycles. The van der Waals surface area contributed by atoms with Crippen molar-refractivity contribution in [1.82, 2.24) is 4.90 Å². The molecule has 118 valence electrons. The van der Waals surface area contributed by atoms with Crippen LogP contribution in [-0.2, 0) is 9.47 Å². The lowest BCUT2D eigenvalue weighted by molar-refractivity contribution is 0.0703. The molecule has 1 atom stereocenters. The number of benzene rings is 1. The predicted octanol–water partition coefficient (Wildman–Crippen LogP) is 2.55. The first kappa shape index (κ1) is 17.8. The summed E-state index contributed by atoms with van der Waals surface area (Å²) in [4.78, 5) is 14.5. The molecule has 0 saturated carbocycles. The Morgan fingerprint density at radius 2 is 1.81 bits per heavy atom. The average molecular weight is 293 g/mol. The molecule has 0 aliphatic rings. The normalized spacial score (nSPS) is 12.6. The number of methoxy groups -OCH3 is 2. The highest BCUT2D eigenvalue weighted by Crippen LogP contribution is 2.08. The first-order valence-corrected chi connectivity index (χ1v) is 7.40. The highest BCUT2D eigenvalue weighted by Gasteiger charge is 2.15. The monoisotopic (exact) mass is 293 g/mol. The quantitative estimate of drug-likeness (QED) is 0.622. The van der Waals surface area contributed by atoms with E-state index >= 15 is 0 Å². The molecule has 0 saturated heterocycles. The van der Waals surface area contributed by atoms with Crippen molar-refractivity contribution < 1.29 is 14.3 Å². The lowest BCUT2D eigenvalue weighted by atomic mass is 10.1. The van der Waals surface area contributed by atoms with Gasteiger partial charge in [-0.3, -0.25) is 9.69 Å². The van der Waals surface area contributed by atoms with Crippen molar-refractivity contribution >= 4 is 5.78 Å². The average Bonchev–Trinajstić information content (AvgIpc) is 2.48. The number of carbonyl (C=O) groups excluding carboxylic acids is 1. The molecule has 0 aliphatic carbocycles. The Labute approximate surface area is 128 Å². The molecule has 0 N–H and O–H groups in total. The number of nitrogens with zero attached hydrogens (tertiary/aromatic N) is 1. The van der Waals surface area contributed by atoms with E-state index < -0.39 is 0 Å². The third-order valence-corrected chi connectivity index (χ3v) is 3.61. The van der Waals surface area contributed by atoms with Gasteiger partial charge in [0.15, 0.2) is 5.78 Å². The summed E-state index contributed by atoms with van der Waals surface area (Å²) in [6.07, 6.45) is 0.515. The van der Waals surface area contributed by atoms with E-state index in [0.29, 0.717) is 19.6 Å². The summed E-state index contributed by atoms with van der Waals surface area (Å²) in [6, 6.07) is 8.02. The van der Waals surface area contributed by atoms with E-state index in [9.17, 15) is 4.79 Å². The van der Waals surface area contributed by atoms with Crippen molar-refractivity contribution in [1.29, 1.82) is 0 Å². The molecule has 1 rings (SSSR count). The lowest BCUT2D eigenvalue weighted by Gasteiger charge is -2.28. The Morgan fingerprint density at radius 3 is 2.38 bits per heavy atom. The molecule has 0 radical (unpaired) electrons. The number of rotatable bonds is 10. The van der Waals surface area contributed by atoms with Crippen LogP contribution in [0, 0.1) is 6.92 Å². The summed E-state index contributed by atoms with van der Waals surface area (Å²) in [5, 5.41) is 0. The van der Waals surface area contributed by atoms with E-state index in [1.807, 2.05) is 31.2 Å². The highest BCUT2D eigenvalue weighted by molar-refractivity contribution is 5.96. The molecular formula is C17H27NO3. The lowest BCUT2D eigenvalue weighted by Crippen LogP contribution is -2.39. The molecule has 21 heavy (non-hydrogen) atoms. The molecule has 4 heteroatoms. The van der Waals surface area contributed by atoms with Crippen molar-refractivity contribution in [2.24, 2.45) is 0 Å². The fourth-order valence-corrected chi connectivity index (χ4v) is 2.24. The Bertz CT molecular complexity index is 417. The van der Waals surface area contributed by atoms with Crippen molar-refractivity contribution in [2.75, 3.05) is 40.5 Å². The van der Waals surface area contributed by atoms with Crippen LogP contribution in [0.15, 0.2) is 24.3 Å². The summed E-state index contributed by atoms with van der Waals surface area (Å²) >= 11 is 0. The van der Waals surface area contributed by atoms with Gasteiger partial charge in [0.05, 0.1) is 13.2 Å². The molecular weight excluding hydrogens is 266 g/mol. The number of ketones is 1. The third-order valence-electron chi connectivity index (χ3n) is 3.61. The number of ether oxygens (including phenoxy) is 2. The highest BCUT2D eigenvalue weighted by atomic mass is 16.5. The van der Waals surface area contributed by atoms with Crippen molar-refractivity contribution in [3.63, 3.8) is 0 Å². The molecule has 0 aromatic heterocycles. The zero-order valence-electron chi connectivity index (χ0n) is 13.6. The van der Waals surface area contributed by atoms with Crippen LogP contribution in [0.1, 0.15) is 29.3 Å². The van der Waals surface area contributed by atoms with Gasteiger partial charge in [-0.2, -0.15) is 0 Å². The maximum atomic E-state index is 12.2. The predicted molar refractivity (Wildman–Crippen MR) is 84.9 cm³/mol. The maximum absolute atomic E-state index is 12.2. The Hall–Kier alpha value is -1.23. The van der Waals surface area contributed by atoms with E-state index in [1.165, 1.54) is 5.56 Å². The molecule has 4 nitrogen and oxygen atoms in total. The molecule has 0 fully saturated rings. The van der Waals surface area contributed by atoms with Gasteiger partial charge in [0.25, 0.3) is 0 Å². The van der Waals surface area contributed by atoms with Crippen molar-refractivity contribution in [3.8, 4) is 0 Å². The standard InChI is InChI=1S/C17H27NO3/c1-14-5-7-16(8-6-14)17(19)9-10-18(11-12-20-3)15(2)13-21-4/h5-8,15H,9-13H2,1-4H3. The van der Waals surface area contributed by atoms with Gasteiger partial charge in [0.2, 0.25) is 0 Å². The van der Waals surface area contributed by atoms with Gasteiger partial charge in [0, 0.05) is 45.3 Å². The second-order valence-corrected chi connectivity index (χ2v) is 5.37. The van der Waals surface area contributed by atoms with Gasteiger partial charge in [0.1, 0.15) is 0 Å². The SMILES string of the molecule is COCCN(CCC(=O)c1ccc(C)cc1)C(C)COC. The molecule has 0 heterocycles. The van der Waals surface area contributed by atoms with Crippen LogP contribution in [0.2, 0.25) is 0 Å². The minimum atomic E-state index is 0.182. The number of Topliss-reactive ketones (excluding diaryl/α,β-unsaturated/α-hetero) is 1. The van der Waals surface area contributed by atoms with Gasteiger partial charge < -0.3 is 9.47 Å². The molecule has 0 amide bonds. The Morgan fingerprint density at radius 1 is 1.14 bits per heavy atom. The fourth-order valence-electron chi connectivity index (χ4n) is 2.24. The molecule has 0 bridgehead atoms. The minimum Gasteiger partial charge on any atom is -0.383 e. The zero-order valence-corrected chi connectivity index (χ0v) is 13.6. The van der Waals surface area contributed by atoms with E-state index in [-0.39, 0.29) is 11.8 Å². The van der Waals surface area contributed by atoms with Crippen LogP contribution in [-0.4, -0.2) is 57.2 Å². The molecule has 1 aromatic carbocycles. The smallest absolute Gasteiger partial charge is 0.164 e. The zero-order chi connectivity index (χ0) is 15.7. The summed E-state index contributed by atoms with van der Waals surface area (Å²) in [5.74, 6) is 0.182. The van der Waals surface area contributed by atoms with Crippen LogP contribution in [0.4, 0.5) is 0 Å². The topological polar surface area (TPSA) is 38.8 Å². The van der Waals surface area contributed by atoms with Crippen molar-refractivity contribution in [3.05, 3.63) is 35.4 Å². The third kappa shape index (κ3) is 6.38. The van der Waals surface area contributed by atoms with Gasteiger partial charge in [-0.05, 0) is 13.8 Å². The summed E-state index contributed by atoms with van der Waals surface area (Å²) in [6.45, 7) is 6.97. The number of hydrogen-bond acceptors (Lipinski definition) is 4. The second kappa shape index (κ2) is 9.66. The summed E-state index contributed by atoms with van der Waals surface area (Å²) < 4.78 is 10.3. The number of carbonyl (C=O) groups is 1. The molecule has 1 aromatic rings. The largest absolute Gasteiger partial charge is 0.383 e. The van der Waals surface area contributed by atoms with Crippen LogP contribution in [0.25, 0.3) is 0 Å². The second-order valence-electron chi connectivity index (χ2n) is 5.37.